The molecule has 162 valence electrons. The Kier molecular flexibility index (Phi) is 6.72. The molecule has 7 nitrogen and oxygen atoms in total. The molecule has 4 rings (SSSR count). The van der Waals surface area contributed by atoms with Crippen LogP contribution in [0.4, 0.5) is 5.69 Å². The molecule has 0 aliphatic carbocycles. The number of nitrogens with one attached hydrogen (secondary N) is 2. The van der Waals surface area contributed by atoms with Crippen LogP contribution in [0.2, 0.25) is 0 Å². The molecular weight excluding hydrogens is 432 g/mol. The van der Waals surface area contributed by atoms with E-state index in [0.717, 1.165) is 36.0 Å². The average molecular weight is 457 g/mol. The molecule has 2 aromatic rings. The van der Waals surface area contributed by atoms with Gasteiger partial charge in [0, 0.05) is 35.6 Å². The predicted octanol–water partition coefficient (Wildman–Crippen LogP) is 3.66. The highest BCUT2D eigenvalue weighted by Gasteiger charge is 2.33. The van der Waals surface area contributed by atoms with Crippen molar-refractivity contribution in [2.45, 2.75) is 37.5 Å². The van der Waals surface area contributed by atoms with Crippen molar-refractivity contribution in [3.05, 3.63) is 52.2 Å². The first kappa shape index (κ1) is 21.6. The number of benzene rings is 1. The van der Waals surface area contributed by atoms with E-state index in [-0.39, 0.29) is 30.2 Å². The van der Waals surface area contributed by atoms with E-state index in [9.17, 15) is 14.4 Å². The minimum absolute atomic E-state index is 0.0685. The number of rotatable bonds is 6. The minimum atomic E-state index is -0.473. The summed E-state index contributed by atoms with van der Waals surface area (Å²) in [5, 5.41) is 8.02. The van der Waals surface area contributed by atoms with Crippen LogP contribution in [0.15, 0.2) is 46.8 Å². The Morgan fingerprint density at radius 2 is 1.94 bits per heavy atom. The number of nitrogens with zero attached hydrogens (tertiary/aromatic N) is 2. The lowest BCUT2D eigenvalue weighted by Gasteiger charge is -2.16. The standard InChI is InChI=1S/C22H24N4O3S2/c1-14(17-5-4-12-30-17)23-20(28)15-6-8-16(9-7-15)24-19(27)13-18-21(29)25-22(31-18)26-10-2-3-11-26/h4-9,12,14,18H,2-3,10-11,13H2,1H3,(H,23,28)(H,24,27)/t14-,18-/m0/s1. The van der Waals surface area contributed by atoms with E-state index in [1.165, 1.54) is 11.8 Å². The fourth-order valence-electron chi connectivity index (χ4n) is 3.53. The number of anilines is 1. The molecule has 3 amide bonds. The van der Waals surface area contributed by atoms with E-state index < -0.39 is 5.25 Å². The van der Waals surface area contributed by atoms with Gasteiger partial charge in [-0.15, -0.1) is 11.3 Å². The number of amidine groups is 1. The normalized spacial score (nSPS) is 19.3. The van der Waals surface area contributed by atoms with Gasteiger partial charge in [-0.05, 0) is 55.5 Å². The lowest BCUT2D eigenvalue weighted by molar-refractivity contribution is -0.121. The molecule has 1 aromatic carbocycles. The molecule has 2 N–H and O–H groups in total. The quantitative estimate of drug-likeness (QED) is 0.692. The number of carbonyl (C=O) groups excluding carboxylic acids is 3. The van der Waals surface area contributed by atoms with Crippen molar-refractivity contribution >= 4 is 51.7 Å². The molecule has 1 fully saturated rings. The molecule has 31 heavy (non-hydrogen) atoms. The van der Waals surface area contributed by atoms with Crippen LogP contribution in [0.5, 0.6) is 0 Å². The van der Waals surface area contributed by atoms with E-state index in [2.05, 4.69) is 20.5 Å². The van der Waals surface area contributed by atoms with Crippen molar-refractivity contribution in [1.29, 1.82) is 0 Å². The van der Waals surface area contributed by atoms with Crippen LogP contribution in [0.25, 0.3) is 0 Å². The van der Waals surface area contributed by atoms with Gasteiger partial charge < -0.3 is 15.5 Å². The molecule has 9 heteroatoms. The molecule has 0 radical (unpaired) electrons. The highest BCUT2D eigenvalue weighted by molar-refractivity contribution is 8.15. The number of amides is 3. The number of hydrogen-bond acceptors (Lipinski definition) is 6. The first-order valence-electron chi connectivity index (χ1n) is 10.3. The predicted molar refractivity (Wildman–Crippen MR) is 125 cm³/mol. The van der Waals surface area contributed by atoms with Gasteiger partial charge in [0.2, 0.25) is 5.91 Å². The summed E-state index contributed by atoms with van der Waals surface area (Å²) >= 11 is 2.98. The summed E-state index contributed by atoms with van der Waals surface area (Å²) in [6, 6.07) is 10.6. The van der Waals surface area contributed by atoms with Crippen molar-refractivity contribution in [2.24, 2.45) is 4.99 Å². The third-order valence-electron chi connectivity index (χ3n) is 5.22. The Bertz CT molecular complexity index is 983. The van der Waals surface area contributed by atoms with E-state index in [4.69, 9.17) is 0 Å². The Balaban J connectivity index is 1.27. The molecule has 1 aromatic heterocycles. The second kappa shape index (κ2) is 9.65. The minimum Gasteiger partial charge on any atom is -0.351 e. The van der Waals surface area contributed by atoms with E-state index in [1.807, 2.05) is 24.4 Å². The monoisotopic (exact) mass is 456 g/mol. The van der Waals surface area contributed by atoms with Crippen molar-refractivity contribution in [1.82, 2.24) is 10.2 Å². The molecule has 0 unspecified atom stereocenters. The highest BCUT2D eigenvalue weighted by Crippen LogP contribution is 2.29. The Morgan fingerprint density at radius 3 is 2.61 bits per heavy atom. The fourth-order valence-corrected chi connectivity index (χ4v) is 5.38. The van der Waals surface area contributed by atoms with Gasteiger partial charge in [-0.3, -0.25) is 14.4 Å². The maximum Gasteiger partial charge on any atom is 0.262 e. The number of aliphatic imine (C=N–C) groups is 1. The molecule has 0 bridgehead atoms. The van der Waals surface area contributed by atoms with Gasteiger partial charge in [-0.1, -0.05) is 17.8 Å². The largest absolute Gasteiger partial charge is 0.351 e. The summed E-state index contributed by atoms with van der Waals surface area (Å²) in [5.41, 5.74) is 1.11. The zero-order valence-corrected chi connectivity index (χ0v) is 18.8. The van der Waals surface area contributed by atoms with E-state index in [0.29, 0.717) is 11.3 Å². The third-order valence-corrected chi connectivity index (χ3v) is 7.49. The van der Waals surface area contributed by atoms with Gasteiger partial charge in [-0.25, -0.2) is 0 Å². The second-order valence-electron chi connectivity index (χ2n) is 7.57. The lowest BCUT2D eigenvalue weighted by Crippen LogP contribution is -2.26. The van der Waals surface area contributed by atoms with Gasteiger partial charge in [0.05, 0.1) is 6.04 Å². The van der Waals surface area contributed by atoms with Crippen LogP contribution in [0.3, 0.4) is 0 Å². The van der Waals surface area contributed by atoms with Crippen LogP contribution >= 0.6 is 23.1 Å². The van der Waals surface area contributed by atoms with Gasteiger partial charge >= 0.3 is 0 Å². The molecule has 2 aliphatic rings. The third kappa shape index (κ3) is 5.34. The molecule has 2 aliphatic heterocycles. The van der Waals surface area contributed by atoms with Gasteiger partial charge in [0.15, 0.2) is 5.17 Å². The molecule has 0 spiro atoms. The maximum absolute atomic E-state index is 12.4. The summed E-state index contributed by atoms with van der Waals surface area (Å²) in [6.45, 7) is 3.79. The molecule has 1 saturated heterocycles. The summed E-state index contributed by atoms with van der Waals surface area (Å²) < 4.78 is 0. The van der Waals surface area contributed by atoms with Gasteiger partial charge in [0.1, 0.15) is 5.25 Å². The summed E-state index contributed by atoms with van der Waals surface area (Å²) in [6.07, 6.45) is 2.30. The zero-order chi connectivity index (χ0) is 21.8. The SMILES string of the molecule is C[C@H](NC(=O)c1ccc(NC(=O)C[C@@H]2SC(N3CCCC3)=NC2=O)cc1)c1cccs1. The van der Waals surface area contributed by atoms with Gasteiger partial charge in [-0.2, -0.15) is 4.99 Å². The number of carbonyl (C=O) groups is 3. The van der Waals surface area contributed by atoms with Crippen LogP contribution < -0.4 is 10.6 Å². The van der Waals surface area contributed by atoms with Crippen molar-refractivity contribution in [2.75, 3.05) is 18.4 Å². The molecule has 2 atom stereocenters. The van der Waals surface area contributed by atoms with E-state index >= 15 is 0 Å². The zero-order valence-electron chi connectivity index (χ0n) is 17.2. The van der Waals surface area contributed by atoms with Crippen LogP contribution in [0.1, 0.15) is 47.5 Å². The van der Waals surface area contributed by atoms with Crippen molar-refractivity contribution < 1.29 is 14.4 Å². The lowest BCUT2D eigenvalue weighted by atomic mass is 10.1. The average Bonchev–Trinajstić information content (AvgIpc) is 3.51. The summed E-state index contributed by atoms with van der Waals surface area (Å²) in [4.78, 5) is 44.4. The van der Waals surface area contributed by atoms with Crippen LogP contribution in [0, 0.1) is 0 Å². The van der Waals surface area contributed by atoms with Crippen molar-refractivity contribution in [3.63, 3.8) is 0 Å². The Hall–Kier alpha value is -2.65. The molecular formula is C22H24N4O3S2. The first-order valence-corrected chi connectivity index (χ1v) is 12.0. The van der Waals surface area contributed by atoms with Crippen LogP contribution in [-0.4, -0.2) is 46.1 Å². The van der Waals surface area contributed by atoms with Gasteiger partial charge in [0.25, 0.3) is 11.8 Å². The van der Waals surface area contributed by atoms with Crippen molar-refractivity contribution in [3.8, 4) is 0 Å². The van der Waals surface area contributed by atoms with Crippen LogP contribution in [-0.2, 0) is 9.59 Å². The smallest absolute Gasteiger partial charge is 0.262 e. The van der Waals surface area contributed by atoms with E-state index in [1.54, 1.807) is 35.6 Å². The molecule has 3 heterocycles. The number of hydrogen-bond donors (Lipinski definition) is 2. The topological polar surface area (TPSA) is 90.9 Å². The summed E-state index contributed by atoms with van der Waals surface area (Å²) in [5.74, 6) is -0.653. The second-order valence-corrected chi connectivity index (χ2v) is 9.72. The Labute approximate surface area is 189 Å². The number of likely N-dealkylation sites (tertiary alicyclic amines) is 1. The Morgan fingerprint density at radius 1 is 1.19 bits per heavy atom. The fraction of sp³-hybridized carbons (Fsp3) is 0.364. The maximum atomic E-state index is 12.4. The molecule has 0 saturated carbocycles. The number of thioether (sulfide) groups is 1. The number of thiophene rings is 1. The summed E-state index contributed by atoms with van der Waals surface area (Å²) in [7, 11) is 0. The highest BCUT2D eigenvalue weighted by atomic mass is 32.2. The first-order chi connectivity index (χ1) is 15.0.